The molecule has 1 aliphatic heterocycles. The smallest absolute Gasteiger partial charge is 0.285 e. The third-order valence-electron chi connectivity index (χ3n) is 4.16. The minimum absolute atomic E-state index is 0.0491. The predicted molar refractivity (Wildman–Crippen MR) is 86.7 cm³/mol. The van der Waals surface area contributed by atoms with Crippen molar-refractivity contribution in [3.05, 3.63) is 69.1 Å². The molecule has 0 atom stereocenters. The van der Waals surface area contributed by atoms with Gasteiger partial charge in [0.1, 0.15) is 0 Å². The largest absolute Gasteiger partial charge is 0.360 e. The molecule has 23 heavy (non-hydrogen) atoms. The molecule has 0 radical (unpaired) electrons. The number of pyridine rings is 1. The first-order valence-corrected chi connectivity index (χ1v) is 7.62. The molecule has 120 valence electrons. The fraction of sp³-hybridized carbons (Fsp3) is 0.312. The van der Waals surface area contributed by atoms with E-state index >= 15 is 0 Å². The molecule has 3 rings (SSSR count). The molecule has 0 amide bonds. The fourth-order valence-electron chi connectivity index (χ4n) is 2.87. The van der Waals surface area contributed by atoms with Gasteiger partial charge in [-0.3, -0.25) is 19.5 Å². The number of nitrogens with one attached hydrogen (secondary N) is 1. The van der Waals surface area contributed by atoms with E-state index in [2.05, 4.69) is 17.0 Å². The van der Waals surface area contributed by atoms with Crippen LogP contribution in [0.5, 0.6) is 0 Å². The average molecular weight is 315 g/mol. The zero-order valence-electron chi connectivity index (χ0n) is 12.7. The summed E-state index contributed by atoms with van der Waals surface area (Å²) in [7, 11) is 0. The maximum atomic E-state index is 11.9. The summed E-state index contributed by atoms with van der Waals surface area (Å²) in [6.07, 6.45) is 1.33. The zero-order valence-corrected chi connectivity index (χ0v) is 12.7. The molecular formula is C16H19N4O3+. The van der Waals surface area contributed by atoms with Gasteiger partial charge in [0.2, 0.25) is 0 Å². The van der Waals surface area contributed by atoms with Gasteiger partial charge in [0.05, 0.1) is 37.3 Å². The van der Waals surface area contributed by atoms with Crippen molar-refractivity contribution < 1.29 is 9.82 Å². The van der Waals surface area contributed by atoms with Crippen molar-refractivity contribution in [2.75, 3.05) is 31.1 Å². The van der Waals surface area contributed by atoms with Crippen molar-refractivity contribution in [1.29, 1.82) is 0 Å². The molecule has 2 aromatic rings. The highest BCUT2D eigenvalue weighted by Gasteiger charge is 2.21. The molecule has 0 bridgehead atoms. The van der Waals surface area contributed by atoms with Crippen molar-refractivity contribution in [3.63, 3.8) is 0 Å². The Hall–Kier alpha value is -2.67. The third kappa shape index (κ3) is 3.57. The van der Waals surface area contributed by atoms with Gasteiger partial charge in [0, 0.05) is 17.8 Å². The van der Waals surface area contributed by atoms with Crippen molar-refractivity contribution >= 4 is 11.4 Å². The van der Waals surface area contributed by atoms with Crippen molar-refractivity contribution in [2.24, 2.45) is 0 Å². The zero-order chi connectivity index (χ0) is 16.2. The van der Waals surface area contributed by atoms with Crippen LogP contribution in [0.25, 0.3) is 0 Å². The molecule has 1 aromatic heterocycles. The summed E-state index contributed by atoms with van der Waals surface area (Å²) in [6, 6.07) is 12.7. The number of quaternary nitrogens is 1. The van der Waals surface area contributed by atoms with Gasteiger partial charge in [-0.2, -0.15) is 0 Å². The Morgan fingerprint density at radius 1 is 1.09 bits per heavy atom. The van der Waals surface area contributed by atoms with Gasteiger partial charge in [-0.25, -0.2) is 0 Å². The minimum Gasteiger partial charge on any atom is -0.360 e. The van der Waals surface area contributed by atoms with Crippen molar-refractivity contribution in [1.82, 2.24) is 4.57 Å². The number of aromatic nitrogens is 1. The van der Waals surface area contributed by atoms with Gasteiger partial charge >= 0.3 is 0 Å². The number of hydrogen-bond donors (Lipinski definition) is 1. The summed E-state index contributed by atoms with van der Waals surface area (Å²) in [5, 5.41) is 10.8. The number of benzene rings is 1. The second kappa shape index (κ2) is 6.62. The second-order valence-corrected chi connectivity index (χ2v) is 5.68. The van der Waals surface area contributed by atoms with Gasteiger partial charge < -0.3 is 9.80 Å². The lowest BCUT2D eigenvalue weighted by atomic mass is 10.2. The topological polar surface area (TPSA) is 72.8 Å². The van der Waals surface area contributed by atoms with E-state index in [9.17, 15) is 14.9 Å². The van der Waals surface area contributed by atoms with E-state index in [1.807, 2.05) is 18.2 Å². The van der Waals surface area contributed by atoms with Crippen LogP contribution in [0.1, 0.15) is 0 Å². The van der Waals surface area contributed by atoms with E-state index < -0.39 is 4.92 Å². The number of rotatable bonds is 4. The molecule has 2 heterocycles. The van der Waals surface area contributed by atoms with Crippen LogP contribution in [-0.2, 0) is 6.67 Å². The normalized spacial score (nSPS) is 15.6. The van der Waals surface area contributed by atoms with Gasteiger partial charge in [0.25, 0.3) is 11.2 Å². The van der Waals surface area contributed by atoms with Gasteiger partial charge in [-0.1, -0.05) is 18.2 Å². The first-order valence-electron chi connectivity index (χ1n) is 7.62. The number of nitro groups is 1. The standard InChI is InChI=1S/C16H18N4O3/c21-16-7-6-15(20(22)23)12-19(16)13-17-8-10-18(11-9-17)14-4-2-1-3-5-14/h1-7,12H,8-11,13H2/p+1. The summed E-state index contributed by atoms with van der Waals surface area (Å²) < 4.78 is 1.44. The van der Waals surface area contributed by atoms with Crippen LogP contribution >= 0.6 is 0 Å². The van der Waals surface area contributed by atoms with Crippen LogP contribution < -0.4 is 15.4 Å². The minimum atomic E-state index is -0.474. The first-order chi connectivity index (χ1) is 11.1. The van der Waals surface area contributed by atoms with Crippen molar-refractivity contribution in [3.8, 4) is 0 Å². The third-order valence-corrected chi connectivity index (χ3v) is 4.16. The first kappa shape index (κ1) is 15.2. The van der Waals surface area contributed by atoms with Crippen LogP contribution in [0.2, 0.25) is 0 Å². The lowest BCUT2D eigenvalue weighted by Gasteiger charge is -2.33. The molecular weight excluding hydrogens is 296 g/mol. The summed E-state index contributed by atoms with van der Waals surface area (Å²) >= 11 is 0. The SMILES string of the molecule is O=c1ccc([N+](=O)[O-])cn1C[NH+]1CCN(c2ccccc2)CC1. The Kier molecular flexibility index (Phi) is 4.38. The lowest BCUT2D eigenvalue weighted by Crippen LogP contribution is -3.14. The van der Waals surface area contributed by atoms with Crippen molar-refractivity contribution in [2.45, 2.75) is 6.67 Å². The van der Waals surface area contributed by atoms with Crippen LogP contribution in [0.15, 0.2) is 53.5 Å². The molecule has 1 fully saturated rings. The highest BCUT2D eigenvalue weighted by Crippen LogP contribution is 2.12. The molecule has 0 unspecified atom stereocenters. The Bertz CT molecular complexity index is 736. The summed E-state index contributed by atoms with van der Waals surface area (Å²) in [5.74, 6) is 0. The van der Waals surface area contributed by atoms with Gasteiger partial charge in [0.15, 0.2) is 6.67 Å². The Morgan fingerprint density at radius 2 is 1.78 bits per heavy atom. The van der Waals surface area contributed by atoms with Gasteiger partial charge in [-0.15, -0.1) is 0 Å². The quantitative estimate of drug-likeness (QED) is 0.642. The summed E-state index contributed by atoms with van der Waals surface area (Å²) in [4.78, 5) is 25.8. The number of anilines is 1. The van der Waals surface area contributed by atoms with E-state index in [1.165, 1.54) is 33.5 Å². The number of nitrogens with zero attached hydrogens (tertiary/aromatic N) is 3. The van der Waals surface area contributed by atoms with E-state index in [0.29, 0.717) is 6.67 Å². The molecule has 1 aromatic carbocycles. The fourth-order valence-corrected chi connectivity index (χ4v) is 2.87. The van der Waals surface area contributed by atoms with Crippen LogP contribution in [0.4, 0.5) is 11.4 Å². The summed E-state index contributed by atoms with van der Waals surface area (Å²) in [6.45, 7) is 4.06. The van der Waals surface area contributed by atoms with E-state index in [-0.39, 0.29) is 11.2 Å². The van der Waals surface area contributed by atoms with Crippen LogP contribution in [-0.4, -0.2) is 35.7 Å². The summed E-state index contributed by atoms with van der Waals surface area (Å²) in [5.41, 5.74) is 0.958. The molecule has 0 saturated carbocycles. The maximum Gasteiger partial charge on any atom is 0.285 e. The predicted octanol–water partition coefficient (Wildman–Crippen LogP) is 0.119. The van der Waals surface area contributed by atoms with Gasteiger partial charge in [-0.05, 0) is 12.1 Å². The lowest BCUT2D eigenvalue weighted by molar-refractivity contribution is -0.923. The molecule has 7 nitrogen and oxygen atoms in total. The number of para-hydroxylation sites is 1. The molecule has 1 N–H and O–H groups in total. The average Bonchev–Trinajstić information content (AvgIpc) is 2.58. The Labute approximate surface area is 133 Å². The molecule has 1 aliphatic rings. The van der Waals surface area contributed by atoms with Crippen LogP contribution in [0, 0.1) is 10.1 Å². The monoisotopic (exact) mass is 315 g/mol. The van der Waals surface area contributed by atoms with Crippen LogP contribution in [0.3, 0.4) is 0 Å². The molecule has 0 spiro atoms. The molecule has 1 saturated heterocycles. The highest BCUT2D eigenvalue weighted by molar-refractivity contribution is 5.46. The molecule has 0 aliphatic carbocycles. The van der Waals surface area contributed by atoms with E-state index in [0.717, 1.165) is 26.2 Å². The second-order valence-electron chi connectivity index (χ2n) is 5.68. The van der Waals surface area contributed by atoms with E-state index in [4.69, 9.17) is 0 Å². The van der Waals surface area contributed by atoms with E-state index in [1.54, 1.807) is 0 Å². The maximum absolute atomic E-state index is 11.9. The number of piperazine rings is 1. The number of hydrogen-bond acceptors (Lipinski definition) is 4. The molecule has 7 heteroatoms. The Morgan fingerprint density at radius 3 is 2.43 bits per heavy atom. The Balaban J connectivity index is 1.64. The highest BCUT2D eigenvalue weighted by atomic mass is 16.6.